The molecule has 3 N–H and O–H groups in total. The van der Waals surface area contributed by atoms with Crippen molar-refractivity contribution in [3.8, 4) is 0 Å². The third-order valence-corrected chi connectivity index (χ3v) is 3.82. The van der Waals surface area contributed by atoms with Gasteiger partial charge in [-0.1, -0.05) is 34.2 Å². The highest BCUT2D eigenvalue weighted by Crippen LogP contribution is 2.29. The normalized spacial score (nSPS) is 10.3. The second-order valence-electron chi connectivity index (χ2n) is 3.78. The molecule has 0 aliphatic rings. The highest BCUT2D eigenvalue weighted by Gasteiger charge is 2.11. The van der Waals surface area contributed by atoms with E-state index in [1.807, 2.05) is 12.1 Å². The van der Waals surface area contributed by atoms with Gasteiger partial charge in [0.1, 0.15) is 10.8 Å². The van der Waals surface area contributed by atoms with Gasteiger partial charge in [-0.15, -0.1) is 0 Å². The van der Waals surface area contributed by atoms with Crippen LogP contribution < -0.4 is 11.1 Å². The van der Waals surface area contributed by atoms with Crippen molar-refractivity contribution in [2.75, 3.05) is 5.32 Å². The number of benzene rings is 2. The molecular formula is C13H9Br2FN2S. The summed E-state index contributed by atoms with van der Waals surface area (Å²) in [6.07, 6.45) is 0. The summed E-state index contributed by atoms with van der Waals surface area (Å²) in [6, 6.07) is 10.2. The van der Waals surface area contributed by atoms with Gasteiger partial charge in [0.15, 0.2) is 0 Å². The first-order valence-electron chi connectivity index (χ1n) is 5.29. The van der Waals surface area contributed by atoms with Crippen molar-refractivity contribution in [3.05, 3.63) is 56.7 Å². The van der Waals surface area contributed by atoms with Crippen molar-refractivity contribution in [2.45, 2.75) is 0 Å². The van der Waals surface area contributed by atoms with E-state index in [1.54, 1.807) is 18.2 Å². The van der Waals surface area contributed by atoms with Gasteiger partial charge in [0.25, 0.3) is 0 Å². The molecule has 0 saturated heterocycles. The number of halogens is 3. The summed E-state index contributed by atoms with van der Waals surface area (Å²) in [5, 5.41) is 3.00. The SMILES string of the molecule is NC(=S)c1c(Br)cccc1Nc1ccc(Br)cc1F. The van der Waals surface area contributed by atoms with E-state index in [4.69, 9.17) is 18.0 Å². The predicted octanol–water partition coefficient (Wildman–Crippen LogP) is 4.73. The van der Waals surface area contributed by atoms with Crippen molar-refractivity contribution in [3.63, 3.8) is 0 Å². The fourth-order valence-electron chi connectivity index (χ4n) is 1.61. The van der Waals surface area contributed by atoms with E-state index < -0.39 is 0 Å². The lowest BCUT2D eigenvalue weighted by Gasteiger charge is -2.13. The predicted molar refractivity (Wildman–Crippen MR) is 87.4 cm³/mol. The van der Waals surface area contributed by atoms with Gasteiger partial charge in [0.2, 0.25) is 0 Å². The van der Waals surface area contributed by atoms with Crippen molar-refractivity contribution >= 4 is 60.4 Å². The van der Waals surface area contributed by atoms with Gasteiger partial charge in [-0.2, -0.15) is 0 Å². The van der Waals surface area contributed by atoms with Crippen LogP contribution in [0.15, 0.2) is 45.3 Å². The quantitative estimate of drug-likeness (QED) is 0.727. The Bertz CT molecular complexity index is 647. The van der Waals surface area contributed by atoms with E-state index in [-0.39, 0.29) is 10.8 Å². The van der Waals surface area contributed by atoms with E-state index in [9.17, 15) is 4.39 Å². The maximum absolute atomic E-state index is 13.8. The lowest BCUT2D eigenvalue weighted by atomic mass is 10.1. The van der Waals surface area contributed by atoms with Crippen molar-refractivity contribution < 1.29 is 4.39 Å². The van der Waals surface area contributed by atoms with E-state index in [1.165, 1.54) is 6.07 Å². The lowest BCUT2D eigenvalue weighted by Crippen LogP contribution is -2.13. The molecule has 0 bridgehead atoms. The first-order valence-corrected chi connectivity index (χ1v) is 7.29. The fraction of sp³-hybridized carbons (Fsp3) is 0. The Morgan fingerprint density at radius 2 is 1.89 bits per heavy atom. The summed E-state index contributed by atoms with van der Waals surface area (Å²) in [5.41, 5.74) is 7.36. The zero-order chi connectivity index (χ0) is 14.0. The topological polar surface area (TPSA) is 38.0 Å². The average Bonchev–Trinajstić information content (AvgIpc) is 2.32. The standard InChI is InChI=1S/C13H9Br2FN2S/c14-7-4-5-10(9(16)6-7)18-11-3-1-2-8(15)12(11)13(17)19/h1-6,18H,(H2,17,19). The molecule has 0 fully saturated rings. The van der Waals surface area contributed by atoms with Crippen LogP contribution in [0.1, 0.15) is 5.56 Å². The monoisotopic (exact) mass is 402 g/mol. The molecule has 0 atom stereocenters. The summed E-state index contributed by atoms with van der Waals surface area (Å²) in [4.78, 5) is 0.243. The van der Waals surface area contributed by atoms with Crippen LogP contribution in [0, 0.1) is 5.82 Å². The zero-order valence-electron chi connectivity index (χ0n) is 9.58. The van der Waals surface area contributed by atoms with Gasteiger partial charge >= 0.3 is 0 Å². The van der Waals surface area contributed by atoms with Crippen LogP contribution >= 0.6 is 44.1 Å². The number of anilines is 2. The minimum absolute atomic E-state index is 0.243. The molecule has 2 nitrogen and oxygen atoms in total. The molecule has 0 aliphatic heterocycles. The highest BCUT2D eigenvalue weighted by atomic mass is 79.9. The number of rotatable bonds is 3. The molecule has 2 rings (SSSR count). The number of hydrogen-bond acceptors (Lipinski definition) is 2. The number of nitrogens with one attached hydrogen (secondary N) is 1. The summed E-state index contributed by atoms with van der Waals surface area (Å²) in [6.45, 7) is 0. The van der Waals surface area contributed by atoms with Crippen molar-refractivity contribution in [2.24, 2.45) is 5.73 Å². The van der Waals surface area contributed by atoms with E-state index in [0.29, 0.717) is 21.4 Å². The average molecular weight is 404 g/mol. The summed E-state index contributed by atoms with van der Waals surface area (Å²) >= 11 is 11.6. The molecule has 6 heteroatoms. The van der Waals surface area contributed by atoms with Crippen LogP contribution in [0.25, 0.3) is 0 Å². The van der Waals surface area contributed by atoms with Crippen molar-refractivity contribution in [1.29, 1.82) is 0 Å². The third kappa shape index (κ3) is 3.32. The molecule has 2 aromatic rings. The molecule has 0 saturated carbocycles. The molecule has 0 aliphatic carbocycles. The number of hydrogen-bond donors (Lipinski definition) is 2. The molecule has 0 heterocycles. The Morgan fingerprint density at radius 3 is 2.53 bits per heavy atom. The van der Waals surface area contributed by atoms with E-state index >= 15 is 0 Å². The Morgan fingerprint density at radius 1 is 1.16 bits per heavy atom. The molecule has 0 spiro atoms. The number of nitrogens with two attached hydrogens (primary N) is 1. The Hall–Kier alpha value is -0.980. The molecule has 2 aromatic carbocycles. The highest BCUT2D eigenvalue weighted by molar-refractivity contribution is 9.10. The van der Waals surface area contributed by atoms with Crippen LogP contribution in [0.2, 0.25) is 0 Å². The van der Waals surface area contributed by atoms with Crippen molar-refractivity contribution in [1.82, 2.24) is 0 Å². The molecule has 0 amide bonds. The molecule has 19 heavy (non-hydrogen) atoms. The minimum Gasteiger partial charge on any atom is -0.389 e. The molecule has 0 aromatic heterocycles. The first kappa shape index (κ1) is 14.4. The van der Waals surface area contributed by atoms with Gasteiger partial charge in [-0.3, -0.25) is 0 Å². The molecular weight excluding hydrogens is 395 g/mol. The summed E-state index contributed by atoms with van der Waals surface area (Å²) in [5.74, 6) is -0.358. The Balaban J connectivity index is 2.44. The number of thiocarbonyl (C=S) groups is 1. The maximum Gasteiger partial charge on any atom is 0.147 e. The van der Waals surface area contributed by atoms with Gasteiger partial charge < -0.3 is 11.1 Å². The van der Waals surface area contributed by atoms with Crippen LogP contribution in [-0.2, 0) is 0 Å². The zero-order valence-corrected chi connectivity index (χ0v) is 13.6. The van der Waals surface area contributed by atoms with E-state index in [2.05, 4.69) is 37.2 Å². The second kappa shape index (κ2) is 5.98. The summed E-state index contributed by atoms with van der Waals surface area (Å²) < 4.78 is 15.2. The third-order valence-electron chi connectivity index (χ3n) is 2.46. The van der Waals surface area contributed by atoms with Gasteiger partial charge in [0.05, 0.1) is 5.69 Å². The van der Waals surface area contributed by atoms with Gasteiger partial charge in [-0.05, 0) is 46.3 Å². The van der Waals surface area contributed by atoms with Crippen LogP contribution in [-0.4, -0.2) is 4.99 Å². The molecule has 98 valence electrons. The minimum atomic E-state index is -0.358. The largest absolute Gasteiger partial charge is 0.389 e. The summed E-state index contributed by atoms with van der Waals surface area (Å²) in [7, 11) is 0. The molecule has 0 unspecified atom stereocenters. The smallest absolute Gasteiger partial charge is 0.147 e. The van der Waals surface area contributed by atoms with Crippen LogP contribution in [0.5, 0.6) is 0 Å². The van der Waals surface area contributed by atoms with Gasteiger partial charge in [0, 0.05) is 20.2 Å². The Labute approximate surface area is 132 Å². The lowest BCUT2D eigenvalue weighted by molar-refractivity contribution is 0.631. The van der Waals surface area contributed by atoms with Gasteiger partial charge in [-0.25, -0.2) is 4.39 Å². The Kier molecular flexibility index (Phi) is 4.54. The maximum atomic E-state index is 13.8. The van der Waals surface area contributed by atoms with Crippen LogP contribution in [0.3, 0.4) is 0 Å². The fourth-order valence-corrected chi connectivity index (χ4v) is 2.88. The van der Waals surface area contributed by atoms with Crippen LogP contribution in [0.4, 0.5) is 15.8 Å². The molecule has 0 radical (unpaired) electrons. The van der Waals surface area contributed by atoms with E-state index in [0.717, 1.165) is 4.47 Å². The second-order valence-corrected chi connectivity index (χ2v) is 5.99. The first-order chi connectivity index (χ1) is 8.99.